The Bertz CT molecular complexity index is 926. The third kappa shape index (κ3) is 7.84. The van der Waals surface area contributed by atoms with Gasteiger partial charge in [0, 0.05) is 6.04 Å². The van der Waals surface area contributed by atoms with Crippen molar-refractivity contribution < 1.29 is 14.6 Å². The Hall–Kier alpha value is -2.83. The number of nitrogens with one attached hydrogen (secondary N) is 2. The number of aromatic nitrogens is 2. The van der Waals surface area contributed by atoms with Gasteiger partial charge >= 0.3 is 12.0 Å². The predicted octanol–water partition coefficient (Wildman–Crippen LogP) is 6.99. The molecule has 35 heavy (non-hydrogen) atoms. The van der Waals surface area contributed by atoms with Gasteiger partial charge in [0.25, 0.3) is 0 Å². The number of benzene rings is 1. The van der Waals surface area contributed by atoms with Gasteiger partial charge < -0.3 is 20.5 Å². The number of rotatable bonds is 13. The van der Waals surface area contributed by atoms with E-state index in [1.54, 1.807) is 12.4 Å². The van der Waals surface area contributed by atoms with Crippen LogP contribution in [0.15, 0.2) is 30.6 Å². The van der Waals surface area contributed by atoms with Gasteiger partial charge in [-0.2, -0.15) is 0 Å². The lowest BCUT2D eigenvalue weighted by Crippen LogP contribution is -2.35. The van der Waals surface area contributed by atoms with Gasteiger partial charge in [0.15, 0.2) is 0 Å². The lowest BCUT2D eigenvalue weighted by molar-refractivity contribution is -0.137. The van der Waals surface area contributed by atoms with Gasteiger partial charge in [0.1, 0.15) is 0 Å². The second-order valence-corrected chi connectivity index (χ2v) is 10.0. The van der Waals surface area contributed by atoms with Crippen LogP contribution in [-0.4, -0.2) is 33.7 Å². The Labute approximate surface area is 210 Å². The number of carboxylic acids is 1. The standard InChI is InChI=1S/C28H42N4O3/c1-5-14-35-28-29-17-23(18-30-28)31-25-15-22(20(6-2)16-26(33)34)12-13-24(25)32-27(19(3)4)21-10-8-7-9-11-21/h12-13,15,17-21,27,31-32H,5-11,14,16H2,1-4H3,(H,33,34). The van der Waals surface area contributed by atoms with E-state index in [1.165, 1.54) is 32.1 Å². The van der Waals surface area contributed by atoms with Crippen LogP contribution >= 0.6 is 0 Å². The maximum absolute atomic E-state index is 11.4. The Morgan fingerprint density at radius 1 is 1.11 bits per heavy atom. The van der Waals surface area contributed by atoms with Gasteiger partial charge in [-0.25, -0.2) is 9.97 Å². The summed E-state index contributed by atoms with van der Waals surface area (Å²) >= 11 is 0. The smallest absolute Gasteiger partial charge is 0.316 e. The number of hydrogen-bond acceptors (Lipinski definition) is 6. The third-order valence-electron chi connectivity index (χ3n) is 6.97. The molecule has 7 nitrogen and oxygen atoms in total. The van der Waals surface area contributed by atoms with Crippen LogP contribution in [0.2, 0.25) is 0 Å². The summed E-state index contributed by atoms with van der Waals surface area (Å²) in [5.41, 5.74) is 3.72. The highest BCUT2D eigenvalue weighted by molar-refractivity contribution is 5.76. The van der Waals surface area contributed by atoms with Crippen LogP contribution in [0.25, 0.3) is 0 Å². The molecule has 1 aromatic heterocycles. The molecular formula is C28H42N4O3. The number of nitrogens with zero attached hydrogens (tertiary/aromatic N) is 2. The van der Waals surface area contributed by atoms with Gasteiger partial charge in [0.2, 0.25) is 0 Å². The molecule has 2 atom stereocenters. The molecule has 1 heterocycles. The minimum atomic E-state index is -0.776. The van der Waals surface area contributed by atoms with Crippen LogP contribution in [-0.2, 0) is 4.79 Å². The van der Waals surface area contributed by atoms with Crippen LogP contribution in [0.5, 0.6) is 6.01 Å². The highest BCUT2D eigenvalue weighted by Crippen LogP contribution is 2.36. The SMILES string of the molecule is CCCOc1ncc(Nc2cc(C(CC)CC(=O)O)ccc2NC(C(C)C)C2CCCCC2)cn1. The molecule has 1 saturated carbocycles. The highest BCUT2D eigenvalue weighted by Gasteiger charge is 2.27. The third-order valence-corrected chi connectivity index (χ3v) is 6.97. The minimum Gasteiger partial charge on any atom is -0.481 e. The van der Waals surface area contributed by atoms with Crippen molar-refractivity contribution in [2.75, 3.05) is 17.2 Å². The van der Waals surface area contributed by atoms with Crippen LogP contribution in [0.1, 0.15) is 90.5 Å². The zero-order valence-corrected chi connectivity index (χ0v) is 21.7. The summed E-state index contributed by atoms with van der Waals surface area (Å²) in [5.74, 6) is 0.341. The molecule has 1 aliphatic rings. The summed E-state index contributed by atoms with van der Waals surface area (Å²) in [7, 11) is 0. The molecule has 0 bridgehead atoms. The van der Waals surface area contributed by atoms with Gasteiger partial charge in [-0.1, -0.05) is 53.0 Å². The summed E-state index contributed by atoms with van der Waals surface area (Å²) in [4.78, 5) is 20.1. The fraction of sp³-hybridized carbons (Fsp3) is 0.607. The number of ether oxygens (including phenoxy) is 1. The average molecular weight is 483 g/mol. The molecule has 0 spiro atoms. The van der Waals surface area contributed by atoms with Crippen molar-refractivity contribution >= 4 is 23.0 Å². The molecule has 7 heteroatoms. The molecule has 1 aromatic carbocycles. The van der Waals surface area contributed by atoms with Gasteiger partial charge in [0.05, 0.1) is 42.5 Å². The van der Waals surface area contributed by atoms with Crippen molar-refractivity contribution in [2.45, 2.75) is 91.0 Å². The molecule has 0 saturated heterocycles. The summed E-state index contributed by atoms with van der Waals surface area (Å²) in [6.45, 7) is 9.24. The van der Waals surface area contributed by atoms with Crippen molar-refractivity contribution in [2.24, 2.45) is 11.8 Å². The average Bonchev–Trinajstić information content (AvgIpc) is 2.86. The van der Waals surface area contributed by atoms with Crippen molar-refractivity contribution in [1.29, 1.82) is 0 Å². The Balaban J connectivity index is 1.90. The van der Waals surface area contributed by atoms with E-state index in [0.717, 1.165) is 35.5 Å². The second kappa shape index (κ2) is 13.3. The van der Waals surface area contributed by atoms with Crippen molar-refractivity contribution in [3.63, 3.8) is 0 Å². The molecule has 0 radical (unpaired) electrons. The molecule has 1 aliphatic carbocycles. The maximum Gasteiger partial charge on any atom is 0.316 e. The first-order chi connectivity index (χ1) is 16.9. The van der Waals surface area contributed by atoms with E-state index >= 15 is 0 Å². The zero-order valence-electron chi connectivity index (χ0n) is 21.7. The summed E-state index contributed by atoms with van der Waals surface area (Å²) in [6, 6.07) is 7.00. The molecule has 3 rings (SSSR count). The molecule has 3 N–H and O–H groups in total. The molecular weight excluding hydrogens is 440 g/mol. The lowest BCUT2D eigenvalue weighted by Gasteiger charge is -2.35. The number of aliphatic carboxylic acids is 1. The summed E-state index contributed by atoms with van der Waals surface area (Å²) < 4.78 is 5.51. The summed E-state index contributed by atoms with van der Waals surface area (Å²) in [5, 5.41) is 16.7. The van der Waals surface area contributed by atoms with E-state index in [2.05, 4.69) is 52.6 Å². The number of hydrogen-bond donors (Lipinski definition) is 3. The fourth-order valence-corrected chi connectivity index (χ4v) is 5.06. The lowest BCUT2D eigenvalue weighted by atomic mass is 9.79. The maximum atomic E-state index is 11.4. The number of anilines is 3. The Morgan fingerprint density at radius 2 is 1.83 bits per heavy atom. The van der Waals surface area contributed by atoms with Crippen molar-refractivity contribution in [3.05, 3.63) is 36.2 Å². The highest BCUT2D eigenvalue weighted by atomic mass is 16.5. The van der Waals surface area contributed by atoms with Gasteiger partial charge in [-0.05, 0) is 61.1 Å². The Kier molecular flexibility index (Phi) is 10.2. The molecule has 2 unspecified atom stereocenters. The van der Waals surface area contributed by atoms with E-state index in [4.69, 9.17) is 4.74 Å². The topological polar surface area (TPSA) is 96.4 Å². The van der Waals surface area contributed by atoms with Crippen LogP contribution < -0.4 is 15.4 Å². The Morgan fingerprint density at radius 3 is 2.43 bits per heavy atom. The van der Waals surface area contributed by atoms with Gasteiger partial charge in [-0.15, -0.1) is 0 Å². The number of carbonyl (C=O) groups is 1. The first-order valence-electron chi connectivity index (χ1n) is 13.2. The second-order valence-electron chi connectivity index (χ2n) is 10.0. The van der Waals surface area contributed by atoms with E-state index < -0.39 is 5.97 Å². The largest absolute Gasteiger partial charge is 0.481 e. The van der Waals surface area contributed by atoms with E-state index in [0.29, 0.717) is 30.5 Å². The fourth-order valence-electron chi connectivity index (χ4n) is 5.06. The quantitative estimate of drug-likeness (QED) is 0.283. The molecule has 1 fully saturated rings. The predicted molar refractivity (Wildman–Crippen MR) is 142 cm³/mol. The number of carboxylic acid groups (broad SMARTS) is 1. The molecule has 192 valence electrons. The van der Waals surface area contributed by atoms with Crippen molar-refractivity contribution in [1.82, 2.24) is 9.97 Å². The van der Waals surface area contributed by atoms with Gasteiger partial charge in [-0.3, -0.25) is 4.79 Å². The van der Waals surface area contributed by atoms with Crippen LogP contribution in [0.4, 0.5) is 17.1 Å². The first kappa shape index (κ1) is 26.8. The summed E-state index contributed by atoms with van der Waals surface area (Å²) in [6.07, 6.45) is 11.7. The molecule has 0 amide bonds. The normalized spacial score (nSPS) is 16.0. The first-order valence-corrected chi connectivity index (χ1v) is 13.2. The van der Waals surface area contributed by atoms with Crippen LogP contribution in [0, 0.1) is 11.8 Å². The van der Waals surface area contributed by atoms with Crippen molar-refractivity contribution in [3.8, 4) is 6.01 Å². The van der Waals surface area contributed by atoms with E-state index in [1.807, 2.05) is 13.8 Å². The minimum absolute atomic E-state index is 0.0394. The van der Waals surface area contributed by atoms with E-state index in [9.17, 15) is 9.90 Å². The van der Waals surface area contributed by atoms with Crippen LogP contribution in [0.3, 0.4) is 0 Å². The monoisotopic (exact) mass is 482 g/mol. The molecule has 2 aromatic rings. The van der Waals surface area contributed by atoms with E-state index in [-0.39, 0.29) is 12.3 Å². The molecule has 0 aliphatic heterocycles. The zero-order chi connectivity index (χ0) is 25.2.